The molecule has 1 saturated carbocycles. The fraction of sp³-hybridized carbons (Fsp3) is 0.385. The summed E-state index contributed by atoms with van der Waals surface area (Å²) in [5.74, 6) is -1.20. The van der Waals surface area contributed by atoms with Crippen LogP contribution in [-0.2, 0) is 37.9 Å². The molecule has 2 heterocycles. The minimum atomic E-state index is -4.27. The van der Waals surface area contributed by atoms with E-state index in [4.69, 9.17) is 0 Å². The SMILES string of the molecule is CS(=O)(=O)NCc1cccc2c1S(=O)(=O)N=C2C1=C(O)[C@H](C2CCCCC2)N(Cc2ccc(F)cc2)C1=O. The van der Waals surface area contributed by atoms with Gasteiger partial charge in [0.15, 0.2) is 0 Å². The predicted octanol–water partition coefficient (Wildman–Crippen LogP) is 3.17. The Hall–Kier alpha value is -3.09. The lowest BCUT2D eigenvalue weighted by Crippen LogP contribution is -2.41. The summed E-state index contributed by atoms with van der Waals surface area (Å²) in [6, 6.07) is 9.61. The summed E-state index contributed by atoms with van der Waals surface area (Å²) in [7, 11) is -7.86. The molecule has 1 fully saturated rings. The maximum atomic E-state index is 13.9. The van der Waals surface area contributed by atoms with Gasteiger partial charge in [0.1, 0.15) is 27.8 Å². The molecule has 0 spiro atoms. The third kappa shape index (κ3) is 4.99. The largest absolute Gasteiger partial charge is 0.509 e. The predicted molar refractivity (Wildman–Crippen MR) is 139 cm³/mol. The van der Waals surface area contributed by atoms with Crippen LogP contribution in [0.4, 0.5) is 4.39 Å². The number of rotatable bonds is 7. The summed E-state index contributed by atoms with van der Waals surface area (Å²) in [6.45, 7) is -0.163. The topological polar surface area (TPSA) is 133 Å². The zero-order chi connectivity index (χ0) is 27.2. The zero-order valence-electron chi connectivity index (χ0n) is 20.7. The minimum Gasteiger partial charge on any atom is -0.509 e. The Morgan fingerprint density at radius 3 is 2.45 bits per heavy atom. The molecule has 9 nitrogen and oxygen atoms in total. The molecule has 0 aromatic heterocycles. The number of benzene rings is 2. The molecule has 12 heteroatoms. The van der Waals surface area contributed by atoms with E-state index < -0.39 is 37.8 Å². The summed E-state index contributed by atoms with van der Waals surface area (Å²) in [6.07, 6.45) is 5.55. The molecule has 202 valence electrons. The van der Waals surface area contributed by atoms with Gasteiger partial charge >= 0.3 is 0 Å². The van der Waals surface area contributed by atoms with Crippen molar-refractivity contribution in [2.24, 2.45) is 10.3 Å². The number of hydrogen-bond acceptors (Lipinski definition) is 6. The molecule has 1 atom stereocenters. The molecule has 3 aliphatic rings. The van der Waals surface area contributed by atoms with Crippen molar-refractivity contribution in [1.82, 2.24) is 9.62 Å². The summed E-state index contributed by atoms with van der Waals surface area (Å²) >= 11 is 0. The zero-order valence-corrected chi connectivity index (χ0v) is 22.4. The first-order valence-corrected chi connectivity index (χ1v) is 15.7. The second-order valence-electron chi connectivity index (χ2n) is 9.96. The molecule has 0 bridgehead atoms. The molecule has 0 saturated heterocycles. The average molecular weight is 562 g/mol. The van der Waals surface area contributed by atoms with Gasteiger partial charge in [-0.05, 0) is 42.0 Å². The summed E-state index contributed by atoms with van der Waals surface area (Å²) < 4.78 is 69.2. The first-order valence-electron chi connectivity index (χ1n) is 12.4. The second kappa shape index (κ2) is 9.90. The third-order valence-electron chi connectivity index (χ3n) is 7.29. The molecule has 2 aromatic carbocycles. The van der Waals surface area contributed by atoms with Crippen molar-refractivity contribution in [2.45, 2.75) is 56.1 Å². The van der Waals surface area contributed by atoms with Crippen LogP contribution in [0.5, 0.6) is 0 Å². The number of fused-ring (bicyclic) bond motifs is 1. The van der Waals surface area contributed by atoms with Gasteiger partial charge < -0.3 is 10.0 Å². The first-order chi connectivity index (χ1) is 18.0. The second-order valence-corrected chi connectivity index (χ2v) is 13.3. The van der Waals surface area contributed by atoms with E-state index in [0.717, 1.165) is 38.4 Å². The monoisotopic (exact) mass is 561 g/mol. The molecule has 1 aliphatic carbocycles. The molecule has 38 heavy (non-hydrogen) atoms. The molecular formula is C26H28FN3O6S2. The van der Waals surface area contributed by atoms with Gasteiger partial charge in [-0.25, -0.2) is 17.5 Å². The normalized spacial score (nSPS) is 21.6. The van der Waals surface area contributed by atoms with Gasteiger partial charge in [0.2, 0.25) is 10.0 Å². The lowest BCUT2D eigenvalue weighted by atomic mass is 9.82. The van der Waals surface area contributed by atoms with E-state index in [1.54, 1.807) is 18.2 Å². The quantitative estimate of drug-likeness (QED) is 0.534. The minimum absolute atomic E-state index is 0.0194. The lowest BCUT2D eigenvalue weighted by Gasteiger charge is -2.34. The van der Waals surface area contributed by atoms with E-state index >= 15 is 0 Å². The van der Waals surface area contributed by atoms with E-state index in [1.165, 1.54) is 29.2 Å². The molecule has 2 aliphatic heterocycles. The van der Waals surface area contributed by atoms with E-state index in [-0.39, 0.29) is 52.1 Å². The van der Waals surface area contributed by atoms with Crippen molar-refractivity contribution in [3.63, 3.8) is 0 Å². The van der Waals surface area contributed by atoms with Crippen molar-refractivity contribution in [3.05, 3.63) is 76.3 Å². The lowest BCUT2D eigenvalue weighted by molar-refractivity contribution is -0.128. The highest BCUT2D eigenvalue weighted by molar-refractivity contribution is 7.91. The Bertz CT molecular complexity index is 1560. The maximum absolute atomic E-state index is 13.9. The summed E-state index contributed by atoms with van der Waals surface area (Å²) in [4.78, 5) is 15.2. The van der Waals surface area contributed by atoms with Crippen LogP contribution in [0.1, 0.15) is 48.8 Å². The number of sulfonamides is 2. The van der Waals surface area contributed by atoms with E-state index in [9.17, 15) is 31.1 Å². The van der Waals surface area contributed by atoms with E-state index in [2.05, 4.69) is 9.12 Å². The molecule has 0 unspecified atom stereocenters. The highest BCUT2D eigenvalue weighted by atomic mass is 32.2. The van der Waals surface area contributed by atoms with Crippen molar-refractivity contribution in [3.8, 4) is 0 Å². The smallest absolute Gasteiger partial charge is 0.283 e. The van der Waals surface area contributed by atoms with E-state index in [1.807, 2.05) is 0 Å². The van der Waals surface area contributed by atoms with Crippen molar-refractivity contribution in [1.29, 1.82) is 0 Å². The van der Waals surface area contributed by atoms with Gasteiger partial charge in [-0.1, -0.05) is 49.6 Å². The number of nitrogens with one attached hydrogen (secondary N) is 1. The Kier molecular flexibility index (Phi) is 6.91. The number of aliphatic hydroxyl groups is 1. The van der Waals surface area contributed by atoms with Crippen molar-refractivity contribution >= 4 is 31.7 Å². The van der Waals surface area contributed by atoms with Crippen LogP contribution >= 0.6 is 0 Å². The highest BCUT2D eigenvalue weighted by Crippen LogP contribution is 2.41. The summed E-state index contributed by atoms with van der Waals surface area (Å²) in [5.41, 5.74) is 0.678. The van der Waals surface area contributed by atoms with Gasteiger partial charge in [-0.3, -0.25) is 4.79 Å². The van der Waals surface area contributed by atoms with Crippen LogP contribution in [0.15, 0.2) is 63.1 Å². The molecule has 2 N–H and O–H groups in total. The Morgan fingerprint density at radius 1 is 1.11 bits per heavy atom. The molecule has 5 rings (SSSR count). The fourth-order valence-electron chi connectivity index (χ4n) is 5.60. The number of hydrogen-bond donors (Lipinski definition) is 2. The first kappa shape index (κ1) is 26.5. The number of amides is 1. The Balaban J connectivity index is 1.57. The number of aliphatic hydroxyl groups excluding tert-OH is 1. The van der Waals surface area contributed by atoms with Gasteiger partial charge in [-0.2, -0.15) is 12.8 Å². The van der Waals surface area contributed by atoms with Gasteiger partial charge in [0, 0.05) is 18.7 Å². The molecule has 0 radical (unpaired) electrons. The third-order valence-corrected chi connectivity index (χ3v) is 9.38. The highest BCUT2D eigenvalue weighted by Gasteiger charge is 2.48. The van der Waals surface area contributed by atoms with Crippen LogP contribution in [0, 0.1) is 11.7 Å². The number of carbonyl (C=O) groups excluding carboxylic acids is 1. The van der Waals surface area contributed by atoms with Gasteiger partial charge in [0.05, 0.1) is 12.3 Å². The van der Waals surface area contributed by atoms with Crippen LogP contribution in [-0.4, -0.2) is 50.8 Å². The van der Waals surface area contributed by atoms with E-state index in [0.29, 0.717) is 5.56 Å². The van der Waals surface area contributed by atoms with Gasteiger partial charge in [-0.15, -0.1) is 0 Å². The average Bonchev–Trinajstić information content (AvgIpc) is 3.28. The van der Waals surface area contributed by atoms with Crippen LogP contribution in [0.25, 0.3) is 0 Å². The van der Waals surface area contributed by atoms with Gasteiger partial charge in [0.25, 0.3) is 15.9 Å². The Labute approximate surface area is 221 Å². The Morgan fingerprint density at radius 2 is 1.79 bits per heavy atom. The molecular weight excluding hydrogens is 533 g/mol. The number of carbonyl (C=O) groups is 1. The standard InChI is InChI=1S/C26H28FN3O6S2/c1-37(33,34)28-14-18-8-5-9-20-22(29-38(35,36)25(18)20)21-24(31)23(17-6-3-2-4-7-17)30(26(21)32)15-16-10-12-19(27)13-11-16/h5,8-13,17,23,28,31H,2-4,6-7,14-15H2,1H3/t23-/m0/s1. The maximum Gasteiger partial charge on any atom is 0.283 e. The van der Waals surface area contributed by atoms with Crippen LogP contribution in [0.2, 0.25) is 0 Å². The van der Waals surface area contributed by atoms with Crippen molar-refractivity contribution < 1.29 is 31.1 Å². The van der Waals surface area contributed by atoms with Crippen LogP contribution in [0.3, 0.4) is 0 Å². The number of halogens is 1. The van der Waals surface area contributed by atoms with Crippen LogP contribution < -0.4 is 4.72 Å². The number of nitrogens with zero attached hydrogens (tertiary/aromatic N) is 2. The molecule has 2 aromatic rings. The fourth-order valence-corrected chi connectivity index (χ4v) is 7.45. The summed E-state index contributed by atoms with van der Waals surface area (Å²) in [5, 5.41) is 11.5. The molecule has 1 amide bonds. The van der Waals surface area contributed by atoms with Crippen molar-refractivity contribution in [2.75, 3.05) is 6.26 Å².